The van der Waals surface area contributed by atoms with Gasteiger partial charge < -0.3 is 4.90 Å². The molecule has 130 valence electrons. The first-order chi connectivity index (χ1) is 11.4. The molecule has 1 fully saturated rings. The van der Waals surface area contributed by atoms with Crippen LogP contribution in [0.1, 0.15) is 24.2 Å². The third kappa shape index (κ3) is 3.70. The molecule has 7 nitrogen and oxygen atoms in total. The van der Waals surface area contributed by atoms with Crippen molar-refractivity contribution >= 4 is 21.8 Å². The van der Waals surface area contributed by atoms with Gasteiger partial charge in [0, 0.05) is 57.7 Å². The first-order valence-electron chi connectivity index (χ1n) is 8.14. The highest BCUT2D eigenvalue weighted by molar-refractivity contribution is 9.10. The Morgan fingerprint density at radius 1 is 1.29 bits per heavy atom. The van der Waals surface area contributed by atoms with Gasteiger partial charge in [-0.1, -0.05) is 0 Å². The van der Waals surface area contributed by atoms with Crippen LogP contribution in [-0.2, 0) is 18.4 Å². The number of nitrogens with zero attached hydrogens (tertiary/aromatic N) is 6. The van der Waals surface area contributed by atoms with Gasteiger partial charge in [-0.25, -0.2) is 0 Å². The Bertz CT molecular complexity index is 696. The summed E-state index contributed by atoms with van der Waals surface area (Å²) < 4.78 is 4.49. The van der Waals surface area contributed by atoms with Gasteiger partial charge in [-0.05, 0) is 29.8 Å². The van der Waals surface area contributed by atoms with Crippen LogP contribution >= 0.6 is 15.9 Å². The fraction of sp³-hybridized carbons (Fsp3) is 0.562. The molecule has 0 aliphatic carbocycles. The van der Waals surface area contributed by atoms with Crippen molar-refractivity contribution in [2.24, 2.45) is 7.05 Å². The number of carbonyl (C=O) groups excluding carboxylic acids is 1. The van der Waals surface area contributed by atoms with E-state index in [1.54, 1.807) is 4.68 Å². The van der Waals surface area contributed by atoms with E-state index < -0.39 is 0 Å². The maximum Gasteiger partial charge on any atom is 0.247 e. The van der Waals surface area contributed by atoms with Gasteiger partial charge >= 0.3 is 0 Å². The summed E-state index contributed by atoms with van der Waals surface area (Å²) in [5.41, 5.74) is 2.11. The quantitative estimate of drug-likeness (QED) is 0.789. The number of halogens is 1. The van der Waals surface area contributed by atoms with Gasteiger partial charge in [0.1, 0.15) is 6.04 Å². The van der Waals surface area contributed by atoms with Gasteiger partial charge in [0.25, 0.3) is 0 Å². The molecule has 0 N–H and O–H groups in total. The summed E-state index contributed by atoms with van der Waals surface area (Å²) in [6.45, 7) is 8.00. The summed E-state index contributed by atoms with van der Waals surface area (Å²) in [6.07, 6.45) is 5.81. The molecule has 1 unspecified atom stereocenters. The van der Waals surface area contributed by atoms with Crippen LogP contribution in [0.4, 0.5) is 0 Å². The third-order valence-corrected chi connectivity index (χ3v) is 5.24. The van der Waals surface area contributed by atoms with Crippen molar-refractivity contribution in [3.05, 3.63) is 34.3 Å². The molecule has 8 heteroatoms. The molecule has 0 radical (unpaired) electrons. The molecule has 1 saturated heterocycles. The summed E-state index contributed by atoms with van der Waals surface area (Å²) in [7, 11) is 1.93. The van der Waals surface area contributed by atoms with Crippen LogP contribution in [0.2, 0.25) is 0 Å². The zero-order chi connectivity index (χ0) is 17.3. The van der Waals surface area contributed by atoms with Gasteiger partial charge in [-0.15, -0.1) is 0 Å². The lowest BCUT2D eigenvalue weighted by Gasteiger charge is -2.35. The number of hydrogen-bond acceptors (Lipinski definition) is 4. The number of aromatic nitrogens is 4. The lowest BCUT2D eigenvalue weighted by Crippen LogP contribution is -2.49. The van der Waals surface area contributed by atoms with Crippen molar-refractivity contribution < 1.29 is 4.79 Å². The van der Waals surface area contributed by atoms with Crippen LogP contribution in [0.5, 0.6) is 0 Å². The third-order valence-electron chi connectivity index (χ3n) is 4.46. The van der Waals surface area contributed by atoms with Crippen LogP contribution in [0.25, 0.3) is 0 Å². The molecule has 0 spiro atoms. The molecule has 24 heavy (non-hydrogen) atoms. The molecule has 1 amide bonds. The lowest BCUT2D eigenvalue weighted by molar-refractivity contribution is -0.136. The van der Waals surface area contributed by atoms with E-state index in [1.807, 2.05) is 49.1 Å². The summed E-state index contributed by atoms with van der Waals surface area (Å²) in [6, 6.07) is -0.278. The largest absolute Gasteiger partial charge is 0.338 e. The molecular formula is C16H23BrN6O. The van der Waals surface area contributed by atoms with E-state index in [1.165, 1.54) is 5.56 Å². The number of hydrogen-bond donors (Lipinski definition) is 0. The maximum atomic E-state index is 12.7. The van der Waals surface area contributed by atoms with Crippen LogP contribution in [0.3, 0.4) is 0 Å². The molecule has 1 aliphatic rings. The lowest BCUT2D eigenvalue weighted by atomic mass is 10.2. The zero-order valence-corrected chi connectivity index (χ0v) is 15.9. The van der Waals surface area contributed by atoms with E-state index in [-0.39, 0.29) is 11.9 Å². The van der Waals surface area contributed by atoms with E-state index in [2.05, 4.69) is 31.0 Å². The smallest absolute Gasteiger partial charge is 0.247 e. The molecule has 2 aromatic rings. The minimum Gasteiger partial charge on any atom is -0.338 e. The average molecular weight is 395 g/mol. The molecule has 0 bridgehead atoms. The topological polar surface area (TPSA) is 59.2 Å². The van der Waals surface area contributed by atoms with Crippen molar-refractivity contribution in [3.63, 3.8) is 0 Å². The second-order valence-electron chi connectivity index (χ2n) is 6.34. The second kappa shape index (κ2) is 7.06. The fourth-order valence-electron chi connectivity index (χ4n) is 2.97. The van der Waals surface area contributed by atoms with Crippen LogP contribution in [0.15, 0.2) is 23.1 Å². The molecule has 2 aromatic heterocycles. The van der Waals surface area contributed by atoms with Crippen LogP contribution in [-0.4, -0.2) is 61.4 Å². The zero-order valence-electron chi connectivity index (χ0n) is 14.3. The van der Waals surface area contributed by atoms with E-state index >= 15 is 0 Å². The molecule has 1 aliphatic heterocycles. The van der Waals surface area contributed by atoms with Gasteiger partial charge in [0.15, 0.2) is 0 Å². The Kier molecular flexibility index (Phi) is 5.05. The second-order valence-corrected chi connectivity index (χ2v) is 7.20. The van der Waals surface area contributed by atoms with Crippen molar-refractivity contribution in [3.8, 4) is 0 Å². The van der Waals surface area contributed by atoms with E-state index in [9.17, 15) is 4.79 Å². The molecule has 0 aromatic carbocycles. The highest BCUT2D eigenvalue weighted by Gasteiger charge is 2.26. The number of rotatable bonds is 4. The van der Waals surface area contributed by atoms with Gasteiger partial charge in [0.05, 0.1) is 16.4 Å². The molecule has 0 saturated carbocycles. The number of carbonyl (C=O) groups is 1. The summed E-state index contributed by atoms with van der Waals surface area (Å²) in [4.78, 5) is 17.0. The predicted molar refractivity (Wildman–Crippen MR) is 94.4 cm³/mol. The average Bonchev–Trinajstić information content (AvgIpc) is 3.12. The van der Waals surface area contributed by atoms with Crippen molar-refractivity contribution in [1.29, 1.82) is 0 Å². The molecule has 3 heterocycles. The number of aryl methyl sites for hydroxylation is 2. The highest BCUT2D eigenvalue weighted by atomic mass is 79.9. The number of piperazine rings is 1. The fourth-order valence-corrected chi connectivity index (χ4v) is 3.26. The Morgan fingerprint density at radius 2 is 2.00 bits per heavy atom. The minimum absolute atomic E-state index is 0.131. The van der Waals surface area contributed by atoms with E-state index in [4.69, 9.17) is 0 Å². The summed E-state index contributed by atoms with van der Waals surface area (Å²) >= 11 is 3.45. The summed E-state index contributed by atoms with van der Waals surface area (Å²) in [5.74, 6) is 0.131. The molecular weight excluding hydrogens is 372 g/mol. The maximum absolute atomic E-state index is 12.7. The van der Waals surface area contributed by atoms with E-state index in [0.717, 1.165) is 42.9 Å². The van der Waals surface area contributed by atoms with Gasteiger partial charge in [-0.3, -0.25) is 19.1 Å². The SMILES string of the molecule is Cc1nn(C(C)C(=O)N2CCN(Cc3cnn(C)c3)CC2)cc1Br. The Morgan fingerprint density at radius 3 is 2.54 bits per heavy atom. The normalized spacial score (nSPS) is 17.2. The van der Waals surface area contributed by atoms with Gasteiger partial charge in [-0.2, -0.15) is 10.2 Å². The Balaban J connectivity index is 1.54. The standard InChI is InChI=1S/C16H23BrN6O/c1-12-15(17)11-23(19-12)13(2)16(24)22-6-4-21(5-7-22)10-14-8-18-20(3)9-14/h8-9,11,13H,4-7,10H2,1-3H3. The van der Waals surface area contributed by atoms with Crippen molar-refractivity contribution in [1.82, 2.24) is 29.4 Å². The van der Waals surface area contributed by atoms with Crippen molar-refractivity contribution in [2.45, 2.75) is 26.4 Å². The first kappa shape index (κ1) is 17.2. The monoisotopic (exact) mass is 394 g/mol. The minimum atomic E-state index is -0.278. The van der Waals surface area contributed by atoms with Crippen LogP contribution in [0, 0.1) is 6.92 Å². The summed E-state index contributed by atoms with van der Waals surface area (Å²) in [5, 5.41) is 8.60. The predicted octanol–water partition coefficient (Wildman–Crippen LogP) is 1.59. The first-order valence-corrected chi connectivity index (χ1v) is 8.93. The van der Waals surface area contributed by atoms with Crippen LogP contribution < -0.4 is 0 Å². The molecule has 3 rings (SSSR count). The highest BCUT2D eigenvalue weighted by Crippen LogP contribution is 2.19. The van der Waals surface area contributed by atoms with Gasteiger partial charge in [0.2, 0.25) is 5.91 Å². The Hall–Kier alpha value is -1.67. The Labute approximate surface area is 150 Å². The van der Waals surface area contributed by atoms with Crippen molar-refractivity contribution in [2.75, 3.05) is 26.2 Å². The molecule has 1 atom stereocenters. The number of amides is 1. The van der Waals surface area contributed by atoms with E-state index in [0.29, 0.717) is 0 Å².